The Morgan fingerprint density at radius 1 is 0.929 bits per heavy atom. The highest BCUT2D eigenvalue weighted by molar-refractivity contribution is 9.10. The van der Waals surface area contributed by atoms with Crippen LogP contribution in [0.5, 0.6) is 0 Å². The van der Waals surface area contributed by atoms with Crippen LogP contribution < -0.4 is 10.9 Å². The van der Waals surface area contributed by atoms with E-state index >= 15 is 0 Å². The maximum absolute atomic E-state index is 12.6. The number of nitrogens with zero attached hydrogens (tertiary/aromatic N) is 1. The smallest absolute Gasteiger partial charge is 0.270 e. The predicted octanol–water partition coefficient (Wildman–Crippen LogP) is 2.31. The third kappa shape index (κ3) is 4.60. The van der Waals surface area contributed by atoms with Crippen LogP contribution in [0.2, 0.25) is 0 Å². The van der Waals surface area contributed by atoms with Gasteiger partial charge in [0.1, 0.15) is 0 Å². The quantitative estimate of drug-likeness (QED) is 0.677. The molecule has 7 nitrogen and oxygen atoms in total. The molecule has 0 spiro atoms. The zero-order valence-electron chi connectivity index (χ0n) is 15.0. The SMILES string of the molecule is O=C(NNC(=O)C1CCN(S(=O)(=O)c2ccccc2)CC1)c1ccccc1Br. The van der Waals surface area contributed by atoms with Crippen LogP contribution in [0.3, 0.4) is 0 Å². The number of nitrogens with one attached hydrogen (secondary N) is 2. The molecule has 0 aliphatic carbocycles. The molecule has 1 saturated heterocycles. The standard InChI is InChI=1S/C19H20BrN3O4S/c20-17-9-5-4-8-16(17)19(25)22-21-18(24)14-10-12-23(13-11-14)28(26,27)15-6-2-1-3-7-15/h1-9,14H,10-13H2,(H,21,24)(H,22,25). The first-order valence-electron chi connectivity index (χ1n) is 8.79. The lowest BCUT2D eigenvalue weighted by Crippen LogP contribution is -2.48. The van der Waals surface area contributed by atoms with Crippen LogP contribution in [0.15, 0.2) is 64.0 Å². The summed E-state index contributed by atoms with van der Waals surface area (Å²) in [5.41, 5.74) is 5.25. The van der Waals surface area contributed by atoms with Crippen molar-refractivity contribution in [3.05, 3.63) is 64.6 Å². The van der Waals surface area contributed by atoms with E-state index in [0.717, 1.165) is 0 Å². The van der Waals surface area contributed by atoms with Gasteiger partial charge in [0.25, 0.3) is 5.91 Å². The number of benzene rings is 2. The molecule has 1 heterocycles. The fraction of sp³-hybridized carbons (Fsp3) is 0.263. The summed E-state index contributed by atoms with van der Waals surface area (Å²) in [6.07, 6.45) is 0.783. The number of sulfonamides is 1. The van der Waals surface area contributed by atoms with Crippen molar-refractivity contribution >= 4 is 37.8 Å². The average molecular weight is 466 g/mol. The molecule has 2 N–H and O–H groups in total. The number of rotatable bonds is 4. The van der Waals surface area contributed by atoms with E-state index in [1.165, 1.54) is 4.31 Å². The molecule has 2 aromatic carbocycles. The maximum atomic E-state index is 12.6. The van der Waals surface area contributed by atoms with E-state index < -0.39 is 15.9 Å². The minimum atomic E-state index is -3.55. The Kier molecular flexibility index (Phi) is 6.48. The second kappa shape index (κ2) is 8.85. The summed E-state index contributed by atoms with van der Waals surface area (Å²) >= 11 is 3.29. The first-order valence-corrected chi connectivity index (χ1v) is 11.0. The van der Waals surface area contributed by atoms with Crippen LogP contribution in [0, 0.1) is 5.92 Å². The molecule has 1 fully saturated rings. The number of piperidine rings is 1. The van der Waals surface area contributed by atoms with E-state index in [-0.39, 0.29) is 29.8 Å². The summed E-state index contributed by atoms with van der Waals surface area (Å²) in [7, 11) is -3.55. The lowest BCUT2D eigenvalue weighted by Gasteiger charge is -2.30. The third-order valence-corrected chi connectivity index (χ3v) is 7.23. The minimum Gasteiger partial charge on any atom is -0.273 e. The number of carbonyl (C=O) groups excluding carboxylic acids is 2. The molecular formula is C19H20BrN3O4S. The summed E-state index contributed by atoms with van der Waals surface area (Å²) in [6, 6.07) is 15.1. The van der Waals surface area contributed by atoms with E-state index in [1.807, 2.05) is 0 Å². The summed E-state index contributed by atoms with van der Waals surface area (Å²) in [4.78, 5) is 24.7. The Bertz CT molecular complexity index is 958. The zero-order valence-corrected chi connectivity index (χ0v) is 17.4. The van der Waals surface area contributed by atoms with E-state index in [0.29, 0.717) is 22.9 Å². The number of halogens is 1. The van der Waals surface area contributed by atoms with Crippen molar-refractivity contribution in [1.29, 1.82) is 0 Å². The second-order valence-corrected chi connectivity index (χ2v) is 9.21. The van der Waals surface area contributed by atoms with E-state index in [4.69, 9.17) is 0 Å². The van der Waals surface area contributed by atoms with Gasteiger partial charge in [-0.15, -0.1) is 0 Å². The molecule has 0 atom stereocenters. The lowest BCUT2D eigenvalue weighted by molar-refractivity contribution is -0.126. The number of hydrazine groups is 1. The fourth-order valence-electron chi connectivity index (χ4n) is 3.03. The van der Waals surface area contributed by atoms with Crippen molar-refractivity contribution in [2.24, 2.45) is 5.92 Å². The number of hydrogen-bond acceptors (Lipinski definition) is 4. The molecule has 0 saturated carbocycles. The summed E-state index contributed by atoms with van der Waals surface area (Å²) in [6.45, 7) is 0.515. The van der Waals surface area contributed by atoms with Gasteiger partial charge in [-0.2, -0.15) is 4.31 Å². The van der Waals surface area contributed by atoms with Crippen LogP contribution in [-0.4, -0.2) is 37.6 Å². The fourth-order valence-corrected chi connectivity index (χ4v) is 4.99. The molecule has 0 unspecified atom stereocenters. The van der Waals surface area contributed by atoms with Crippen LogP contribution in [-0.2, 0) is 14.8 Å². The van der Waals surface area contributed by atoms with Gasteiger partial charge < -0.3 is 0 Å². The first kappa shape index (κ1) is 20.5. The first-order chi connectivity index (χ1) is 13.4. The number of carbonyl (C=O) groups is 2. The van der Waals surface area contributed by atoms with Gasteiger partial charge in [-0.3, -0.25) is 20.4 Å². The van der Waals surface area contributed by atoms with Crippen molar-refractivity contribution in [3.63, 3.8) is 0 Å². The summed E-state index contributed by atoms with van der Waals surface area (Å²) < 4.78 is 27.3. The van der Waals surface area contributed by atoms with Gasteiger partial charge in [0.15, 0.2) is 0 Å². The van der Waals surface area contributed by atoms with Crippen molar-refractivity contribution in [1.82, 2.24) is 15.2 Å². The van der Waals surface area contributed by atoms with E-state index in [9.17, 15) is 18.0 Å². The Labute approximate surface area is 172 Å². The van der Waals surface area contributed by atoms with Crippen molar-refractivity contribution in [2.45, 2.75) is 17.7 Å². The Morgan fingerprint density at radius 3 is 2.18 bits per heavy atom. The number of hydrogen-bond donors (Lipinski definition) is 2. The van der Waals surface area contributed by atoms with Crippen molar-refractivity contribution in [2.75, 3.05) is 13.1 Å². The molecule has 28 heavy (non-hydrogen) atoms. The van der Waals surface area contributed by atoms with Gasteiger partial charge in [0.05, 0.1) is 10.5 Å². The van der Waals surface area contributed by atoms with Crippen LogP contribution >= 0.6 is 15.9 Å². The second-order valence-electron chi connectivity index (χ2n) is 6.41. The summed E-state index contributed by atoms with van der Waals surface area (Å²) in [5.74, 6) is -1.11. The maximum Gasteiger partial charge on any atom is 0.270 e. The molecule has 2 aromatic rings. The topological polar surface area (TPSA) is 95.6 Å². The van der Waals surface area contributed by atoms with Gasteiger partial charge >= 0.3 is 0 Å². The molecule has 2 amide bonds. The molecule has 0 bridgehead atoms. The number of amides is 2. The van der Waals surface area contributed by atoms with Crippen molar-refractivity contribution in [3.8, 4) is 0 Å². The van der Waals surface area contributed by atoms with Gasteiger partial charge in [0.2, 0.25) is 15.9 Å². The third-order valence-electron chi connectivity index (χ3n) is 4.62. The van der Waals surface area contributed by atoms with E-state index in [2.05, 4.69) is 26.8 Å². The Balaban J connectivity index is 1.53. The minimum absolute atomic E-state index is 0.249. The predicted molar refractivity (Wildman–Crippen MR) is 108 cm³/mol. The Hall–Kier alpha value is -2.23. The van der Waals surface area contributed by atoms with E-state index in [1.54, 1.807) is 54.6 Å². The molecular weight excluding hydrogens is 446 g/mol. The molecule has 1 aliphatic heterocycles. The monoisotopic (exact) mass is 465 g/mol. The van der Waals surface area contributed by atoms with Crippen LogP contribution in [0.1, 0.15) is 23.2 Å². The van der Waals surface area contributed by atoms with Gasteiger partial charge in [0, 0.05) is 23.5 Å². The van der Waals surface area contributed by atoms with Crippen molar-refractivity contribution < 1.29 is 18.0 Å². The summed E-state index contributed by atoms with van der Waals surface area (Å²) in [5, 5.41) is 0. The lowest BCUT2D eigenvalue weighted by atomic mass is 9.98. The molecule has 9 heteroatoms. The highest BCUT2D eigenvalue weighted by atomic mass is 79.9. The molecule has 0 aromatic heterocycles. The van der Waals surface area contributed by atoms with Gasteiger partial charge in [-0.1, -0.05) is 30.3 Å². The molecule has 3 rings (SSSR count). The largest absolute Gasteiger partial charge is 0.273 e. The Morgan fingerprint density at radius 2 is 1.54 bits per heavy atom. The van der Waals surface area contributed by atoms with Crippen LogP contribution in [0.25, 0.3) is 0 Å². The highest BCUT2D eigenvalue weighted by Gasteiger charge is 2.32. The van der Waals surface area contributed by atoms with Gasteiger partial charge in [-0.05, 0) is 53.0 Å². The molecule has 0 radical (unpaired) electrons. The van der Waals surface area contributed by atoms with Crippen LogP contribution in [0.4, 0.5) is 0 Å². The highest BCUT2D eigenvalue weighted by Crippen LogP contribution is 2.23. The normalized spacial score (nSPS) is 15.8. The average Bonchev–Trinajstić information content (AvgIpc) is 2.73. The van der Waals surface area contributed by atoms with Gasteiger partial charge in [-0.25, -0.2) is 8.42 Å². The molecule has 148 valence electrons. The zero-order chi connectivity index (χ0) is 20.1. The molecule has 1 aliphatic rings.